The molecule has 1 aromatic heterocycles. The number of hydrogen-bond donors (Lipinski definition) is 5. The molecule has 13 heteroatoms. The Morgan fingerprint density at radius 3 is 2.27 bits per heavy atom. The molecular formula is C27H43N7O6. The molecule has 1 aromatic rings. The minimum Gasteiger partial charge on any atom is -0.480 e. The largest absolute Gasteiger partial charge is 0.480 e. The van der Waals surface area contributed by atoms with Crippen molar-refractivity contribution in [2.24, 2.45) is 17.6 Å². The highest BCUT2D eigenvalue weighted by atomic mass is 16.4. The number of hydrogen-bond acceptors (Lipinski definition) is 7. The molecule has 40 heavy (non-hydrogen) atoms. The molecule has 0 aliphatic carbocycles. The van der Waals surface area contributed by atoms with Crippen LogP contribution in [0.15, 0.2) is 12.5 Å². The number of aromatic amines is 1. The number of carbonyl (C=O) groups excluding carboxylic acids is 4. The van der Waals surface area contributed by atoms with Crippen molar-refractivity contribution in [1.82, 2.24) is 30.4 Å². The summed E-state index contributed by atoms with van der Waals surface area (Å²) in [5, 5.41) is 15.1. The predicted octanol–water partition coefficient (Wildman–Crippen LogP) is 0.0178. The van der Waals surface area contributed by atoms with E-state index in [1.807, 2.05) is 13.8 Å². The van der Waals surface area contributed by atoms with Crippen molar-refractivity contribution in [3.8, 4) is 0 Å². The molecule has 2 fully saturated rings. The SMILES string of the molecule is CC[C@H](C)[C@H](N)C(=O)N[C@@H](Cc1cnc[nH]1)C(=O)N[C@H](C(=O)N1CCC[C@H]1C(=O)N1CCC[C@H]1C(=O)O)C(C)C. The number of carboxylic acid groups (broad SMARTS) is 1. The Kier molecular flexibility index (Phi) is 10.7. The lowest BCUT2D eigenvalue weighted by atomic mass is 9.98. The molecule has 0 aromatic carbocycles. The first-order valence-corrected chi connectivity index (χ1v) is 14.1. The molecule has 222 valence electrons. The minimum atomic E-state index is -1.05. The number of rotatable bonds is 12. The summed E-state index contributed by atoms with van der Waals surface area (Å²) >= 11 is 0. The number of aromatic nitrogens is 2. The molecule has 3 rings (SSSR count). The summed E-state index contributed by atoms with van der Waals surface area (Å²) in [5.41, 5.74) is 6.72. The maximum atomic E-state index is 13.8. The van der Waals surface area contributed by atoms with E-state index >= 15 is 0 Å². The lowest BCUT2D eigenvalue weighted by molar-refractivity contribution is -0.152. The van der Waals surface area contributed by atoms with Crippen molar-refractivity contribution in [3.05, 3.63) is 18.2 Å². The van der Waals surface area contributed by atoms with E-state index in [1.54, 1.807) is 20.0 Å². The lowest BCUT2D eigenvalue weighted by Gasteiger charge is -2.34. The Labute approximate surface area is 234 Å². The zero-order chi connectivity index (χ0) is 29.6. The number of H-pyrrole nitrogens is 1. The van der Waals surface area contributed by atoms with Gasteiger partial charge >= 0.3 is 5.97 Å². The monoisotopic (exact) mass is 561 g/mol. The zero-order valence-corrected chi connectivity index (χ0v) is 23.8. The van der Waals surface area contributed by atoms with E-state index in [0.717, 1.165) is 0 Å². The van der Waals surface area contributed by atoms with Gasteiger partial charge in [0.2, 0.25) is 23.6 Å². The van der Waals surface area contributed by atoms with Gasteiger partial charge in [0, 0.05) is 31.4 Å². The molecule has 3 heterocycles. The van der Waals surface area contributed by atoms with Gasteiger partial charge in [0.25, 0.3) is 0 Å². The molecular weight excluding hydrogens is 518 g/mol. The average Bonchev–Trinajstić information content (AvgIpc) is 3.71. The Hall–Kier alpha value is -3.48. The van der Waals surface area contributed by atoms with E-state index in [0.29, 0.717) is 50.9 Å². The van der Waals surface area contributed by atoms with E-state index in [9.17, 15) is 29.1 Å². The van der Waals surface area contributed by atoms with Crippen LogP contribution in [0.25, 0.3) is 0 Å². The highest BCUT2D eigenvalue weighted by Gasteiger charge is 2.44. The Balaban J connectivity index is 1.76. The third-order valence-electron chi connectivity index (χ3n) is 8.04. The van der Waals surface area contributed by atoms with Crippen molar-refractivity contribution in [1.29, 1.82) is 0 Å². The van der Waals surface area contributed by atoms with Crippen molar-refractivity contribution in [2.45, 2.75) is 96.4 Å². The van der Waals surface area contributed by atoms with Crippen LogP contribution in [0.3, 0.4) is 0 Å². The van der Waals surface area contributed by atoms with Crippen LogP contribution in [0, 0.1) is 11.8 Å². The second-order valence-electron chi connectivity index (χ2n) is 11.2. The summed E-state index contributed by atoms with van der Waals surface area (Å²) in [6, 6.07) is -4.45. The lowest BCUT2D eigenvalue weighted by Crippen LogP contribution is -2.60. The average molecular weight is 562 g/mol. The standard InChI is InChI=1S/C27H43N7O6/c1-5-16(4)21(28)24(36)31-18(12-17-13-29-14-30-17)23(35)32-22(15(2)3)26(38)33-10-6-8-19(33)25(37)34-11-7-9-20(34)27(39)40/h13-16,18-22H,5-12,28H2,1-4H3,(H,29,30)(H,31,36)(H,32,35)(H,39,40)/t16-,18-,19-,20-,21-,22-/m0/s1. The number of nitrogens with zero attached hydrogens (tertiary/aromatic N) is 3. The van der Waals surface area contributed by atoms with E-state index in [2.05, 4.69) is 20.6 Å². The summed E-state index contributed by atoms with van der Waals surface area (Å²) in [4.78, 5) is 74.9. The van der Waals surface area contributed by atoms with E-state index < -0.39 is 53.9 Å². The number of likely N-dealkylation sites (tertiary alicyclic amines) is 2. The van der Waals surface area contributed by atoms with Crippen LogP contribution in [0.1, 0.15) is 65.5 Å². The first kappa shape index (κ1) is 31.1. The van der Waals surface area contributed by atoms with Crippen molar-refractivity contribution < 1.29 is 29.1 Å². The zero-order valence-electron chi connectivity index (χ0n) is 23.8. The molecule has 2 aliphatic rings. The third-order valence-corrected chi connectivity index (χ3v) is 8.04. The summed E-state index contributed by atoms with van der Waals surface area (Å²) in [6.07, 6.45) is 5.83. The van der Waals surface area contributed by atoms with Gasteiger partial charge in [0.15, 0.2) is 0 Å². The second-order valence-corrected chi connectivity index (χ2v) is 11.2. The molecule has 2 aliphatic heterocycles. The first-order chi connectivity index (χ1) is 19.0. The molecule has 0 radical (unpaired) electrons. The fraction of sp³-hybridized carbons (Fsp3) is 0.704. The third kappa shape index (κ3) is 7.18. The highest BCUT2D eigenvalue weighted by molar-refractivity contribution is 5.96. The van der Waals surface area contributed by atoms with Crippen LogP contribution in [0.5, 0.6) is 0 Å². The molecule has 0 saturated carbocycles. The van der Waals surface area contributed by atoms with Crippen LogP contribution < -0.4 is 16.4 Å². The van der Waals surface area contributed by atoms with Crippen LogP contribution in [-0.2, 0) is 30.4 Å². The maximum absolute atomic E-state index is 13.8. The fourth-order valence-corrected chi connectivity index (χ4v) is 5.32. The number of carbonyl (C=O) groups is 5. The van der Waals surface area contributed by atoms with Gasteiger partial charge in [-0.3, -0.25) is 19.2 Å². The number of carboxylic acids is 1. The maximum Gasteiger partial charge on any atom is 0.326 e. The topological polar surface area (TPSA) is 191 Å². The molecule has 4 amide bonds. The normalized spacial score (nSPS) is 22.1. The molecule has 6 N–H and O–H groups in total. The smallest absolute Gasteiger partial charge is 0.326 e. The van der Waals surface area contributed by atoms with Gasteiger partial charge in [-0.15, -0.1) is 0 Å². The van der Waals surface area contributed by atoms with E-state index in [-0.39, 0.29) is 24.2 Å². The van der Waals surface area contributed by atoms with Gasteiger partial charge < -0.3 is 36.3 Å². The molecule has 0 unspecified atom stereocenters. The van der Waals surface area contributed by atoms with E-state index in [4.69, 9.17) is 5.73 Å². The number of imidazole rings is 1. The van der Waals surface area contributed by atoms with Gasteiger partial charge in [0.05, 0.1) is 12.4 Å². The number of nitrogens with one attached hydrogen (secondary N) is 3. The molecule has 0 spiro atoms. The van der Waals surface area contributed by atoms with Crippen LogP contribution in [0.2, 0.25) is 0 Å². The first-order valence-electron chi connectivity index (χ1n) is 14.1. The van der Waals surface area contributed by atoms with Crippen molar-refractivity contribution >= 4 is 29.6 Å². The summed E-state index contributed by atoms with van der Waals surface area (Å²) in [6.45, 7) is 8.03. The van der Waals surface area contributed by atoms with Crippen LogP contribution in [0.4, 0.5) is 0 Å². The second kappa shape index (κ2) is 13.7. The molecule has 13 nitrogen and oxygen atoms in total. The summed E-state index contributed by atoms with van der Waals surface area (Å²) in [5.74, 6) is -3.27. The molecule has 2 saturated heterocycles. The van der Waals surface area contributed by atoms with Gasteiger partial charge in [-0.25, -0.2) is 9.78 Å². The summed E-state index contributed by atoms with van der Waals surface area (Å²) in [7, 11) is 0. The number of aliphatic carboxylic acids is 1. The van der Waals surface area contributed by atoms with Gasteiger partial charge in [-0.05, 0) is 37.5 Å². The highest BCUT2D eigenvalue weighted by Crippen LogP contribution is 2.26. The minimum absolute atomic E-state index is 0.0955. The molecule has 0 bridgehead atoms. The molecule has 6 atom stereocenters. The van der Waals surface area contributed by atoms with Crippen molar-refractivity contribution in [2.75, 3.05) is 13.1 Å². The van der Waals surface area contributed by atoms with Gasteiger partial charge in [-0.2, -0.15) is 0 Å². The Bertz CT molecular complexity index is 1060. The van der Waals surface area contributed by atoms with Gasteiger partial charge in [-0.1, -0.05) is 34.1 Å². The van der Waals surface area contributed by atoms with Gasteiger partial charge in [0.1, 0.15) is 24.2 Å². The van der Waals surface area contributed by atoms with Crippen LogP contribution >= 0.6 is 0 Å². The quantitative estimate of drug-likeness (QED) is 0.236. The number of nitrogens with two attached hydrogens (primary N) is 1. The fourth-order valence-electron chi connectivity index (χ4n) is 5.32. The van der Waals surface area contributed by atoms with Crippen molar-refractivity contribution in [3.63, 3.8) is 0 Å². The van der Waals surface area contributed by atoms with Crippen LogP contribution in [-0.4, -0.2) is 97.8 Å². The Morgan fingerprint density at radius 1 is 1.05 bits per heavy atom. The summed E-state index contributed by atoms with van der Waals surface area (Å²) < 4.78 is 0. The predicted molar refractivity (Wildman–Crippen MR) is 146 cm³/mol. The number of amides is 4. The van der Waals surface area contributed by atoms with E-state index in [1.165, 1.54) is 16.1 Å². The Morgan fingerprint density at radius 2 is 1.70 bits per heavy atom.